The van der Waals surface area contributed by atoms with Crippen LogP contribution in [0.4, 0.5) is 5.69 Å². The van der Waals surface area contributed by atoms with Gasteiger partial charge in [-0.3, -0.25) is 9.59 Å². The molecule has 1 N–H and O–H groups in total. The maximum atomic E-state index is 12.0. The van der Waals surface area contributed by atoms with Crippen molar-refractivity contribution in [2.75, 3.05) is 11.9 Å². The van der Waals surface area contributed by atoms with Crippen molar-refractivity contribution < 1.29 is 14.3 Å². The summed E-state index contributed by atoms with van der Waals surface area (Å²) in [5, 5.41) is 3.82. The van der Waals surface area contributed by atoms with Gasteiger partial charge in [0.25, 0.3) is 5.91 Å². The number of fused-ring (bicyclic) bond motifs is 1. The second-order valence-electron chi connectivity index (χ2n) is 6.40. The lowest BCUT2D eigenvalue weighted by Gasteiger charge is -2.11. The maximum Gasteiger partial charge on any atom is 0.306 e. The Kier molecular flexibility index (Phi) is 6.19. The molecule has 1 heterocycles. The predicted octanol–water partition coefficient (Wildman–Crippen LogP) is 4.42. The van der Waals surface area contributed by atoms with E-state index in [0.717, 1.165) is 38.5 Å². The van der Waals surface area contributed by atoms with Crippen LogP contribution in [0.2, 0.25) is 0 Å². The molecule has 27 heavy (non-hydrogen) atoms. The third-order valence-corrected chi connectivity index (χ3v) is 5.32. The van der Waals surface area contributed by atoms with Crippen LogP contribution >= 0.6 is 11.3 Å². The summed E-state index contributed by atoms with van der Waals surface area (Å²) in [6.07, 6.45) is 1.65. The molecule has 0 atom stereocenters. The van der Waals surface area contributed by atoms with E-state index in [9.17, 15) is 9.59 Å². The highest BCUT2D eigenvalue weighted by Crippen LogP contribution is 2.23. The van der Waals surface area contributed by atoms with E-state index >= 15 is 0 Å². The van der Waals surface area contributed by atoms with Crippen molar-refractivity contribution in [3.05, 3.63) is 58.6 Å². The number of esters is 1. The zero-order chi connectivity index (χ0) is 19.2. The first kappa shape index (κ1) is 19.0. The zero-order valence-corrected chi connectivity index (χ0v) is 16.3. The number of aryl methyl sites for hydroxylation is 3. The van der Waals surface area contributed by atoms with Crippen LogP contribution in [0.3, 0.4) is 0 Å². The molecule has 0 bridgehead atoms. The number of rotatable bonds is 7. The number of amides is 1. The summed E-state index contributed by atoms with van der Waals surface area (Å²) in [4.78, 5) is 28.4. The van der Waals surface area contributed by atoms with Crippen molar-refractivity contribution in [3.63, 3.8) is 0 Å². The number of ether oxygens (including phenoxy) is 1. The number of anilines is 1. The Bertz CT molecular complexity index is 912. The van der Waals surface area contributed by atoms with Gasteiger partial charge in [-0.2, -0.15) is 0 Å². The van der Waals surface area contributed by atoms with Crippen LogP contribution in [0.15, 0.2) is 42.5 Å². The number of carbonyl (C=O) groups excluding carboxylic acids is 2. The molecule has 0 saturated heterocycles. The van der Waals surface area contributed by atoms with E-state index < -0.39 is 0 Å². The molecular weight excluding hydrogens is 360 g/mol. The van der Waals surface area contributed by atoms with Gasteiger partial charge in [-0.05, 0) is 49.9 Å². The molecule has 0 aliphatic rings. The lowest BCUT2D eigenvalue weighted by Crippen LogP contribution is -2.21. The van der Waals surface area contributed by atoms with Crippen LogP contribution in [0.5, 0.6) is 0 Å². The van der Waals surface area contributed by atoms with Gasteiger partial charge in [0, 0.05) is 12.1 Å². The molecule has 0 fully saturated rings. The highest BCUT2D eigenvalue weighted by molar-refractivity contribution is 7.18. The third-order valence-electron chi connectivity index (χ3n) is 4.22. The molecule has 140 valence electrons. The Labute approximate surface area is 162 Å². The van der Waals surface area contributed by atoms with Gasteiger partial charge in [0.15, 0.2) is 6.61 Å². The number of aromatic nitrogens is 1. The molecule has 2 aromatic carbocycles. The van der Waals surface area contributed by atoms with E-state index in [-0.39, 0.29) is 24.9 Å². The normalized spacial score (nSPS) is 10.7. The van der Waals surface area contributed by atoms with Gasteiger partial charge >= 0.3 is 5.97 Å². The number of nitrogens with zero attached hydrogens (tertiary/aromatic N) is 1. The minimum atomic E-state index is -0.368. The Hall–Kier alpha value is -2.73. The van der Waals surface area contributed by atoms with E-state index in [1.165, 1.54) is 0 Å². The van der Waals surface area contributed by atoms with Gasteiger partial charge < -0.3 is 10.1 Å². The first-order valence-corrected chi connectivity index (χ1v) is 9.71. The average Bonchev–Trinajstić information content (AvgIpc) is 3.06. The van der Waals surface area contributed by atoms with Gasteiger partial charge in [-0.25, -0.2) is 4.98 Å². The summed E-state index contributed by atoms with van der Waals surface area (Å²) in [5.41, 5.74) is 3.72. The molecule has 3 aromatic rings. The minimum Gasteiger partial charge on any atom is -0.456 e. The Morgan fingerprint density at radius 1 is 1.07 bits per heavy atom. The largest absolute Gasteiger partial charge is 0.456 e. The van der Waals surface area contributed by atoms with Gasteiger partial charge in [0.1, 0.15) is 0 Å². The molecular formula is C21H22N2O3S. The summed E-state index contributed by atoms with van der Waals surface area (Å²) in [5.74, 6) is -0.695. The summed E-state index contributed by atoms with van der Waals surface area (Å²) >= 11 is 1.64. The second-order valence-corrected chi connectivity index (χ2v) is 7.52. The summed E-state index contributed by atoms with van der Waals surface area (Å²) < 4.78 is 6.24. The van der Waals surface area contributed by atoms with E-state index in [1.54, 1.807) is 11.3 Å². The number of hydrogen-bond donors (Lipinski definition) is 1. The van der Waals surface area contributed by atoms with Crippen molar-refractivity contribution in [1.82, 2.24) is 4.98 Å². The van der Waals surface area contributed by atoms with Crippen LogP contribution in [0.1, 0.15) is 29.0 Å². The topological polar surface area (TPSA) is 68.3 Å². The fourth-order valence-corrected chi connectivity index (χ4v) is 3.83. The number of carbonyl (C=O) groups is 2. The highest BCUT2D eigenvalue weighted by atomic mass is 32.1. The number of benzene rings is 2. The SMILES string of the molecule is Cc1cccc(C)c1NC(=O)COC(=O)CCCc1nc2ccccc2s1. The van der Waals surface area contributed by atoms with Crippen molar-refractivity contribution >= 4 is 39.1 Å². The van der Waals surface area contributed by atoms with Gasteiger partial charge in [-0.1, -0.05) is 30.3 Å². The molecule has 0 aliphatic heterocycles. The number of para-hydroxylation sites is 2. The van der Waals surface area contributed by atoms with Crippen molar-refractivity contribution in [3.8, 4) is 0 Å². The summed E-state index contributed by atoms with van der Waals surface area (Å²) in [6, 6.07) is 13.8. The highest BCUT2D eigenvalue weighted by Gasteiger charge is 2.11. The van der Waals surface area contributed by atoms with Gasteiger partial charge in [-0.15, -0.1) is 11.3 Å². The lowest BCUT2D eigenvalue weighted by atomic mass is 10.1. The first-order valence-electron chi connectivity index (χ1n) is 8.89. The Balaban J connectivity index is 1.41. The van der Waals surface area contributed by atoms with Crippen LogP contribution in [0.25, 0.3) is 10.2 Å². The molecule has 0 radical (unpaired) electrons. The Morgan fingerprint density at radius 2 is 1.81 bits per heavy atom. The van der Waals surface area contributed by atoms with Gasteiger partial charge in [0.05, 0.1) is 15.2 Å². The third kappa shape index (κ3) is 5.14. The average molecular weight is 382 g/mol. The number of nitrogens with one attached hydrogen (secondary N) is 1. The van der Waals surface area contributed by atoms with Crippen LogP contribution in [-0.2, 0) is 20.7 Å². The quantitative estimate of drug-likeness (QED) is 0.614. The fraction of sp³-hybridized carbons (Fsp3) is 0.286. The zero-order valence-electron chi connectivity index (χ0n) is 15.5. The molecule has 3 rings (SSSR count). The van der Waals surface area contributed by atoms with Crippen molar-refractivity contribution in [1.29, 1.82) is 0 Å². The maximum absolute atomic E-state index is 12.0. The molecule has 5 nitrogen and oxygen atoms in total. The molecule has 0 aliphatic carbocycles. The fourth-order valence-electron chi connectivity index (χ4n) is 2.82. The van der Waals surface area contributed by atoms with E-state index in [0.29, 0.717) is 6.42 Å². The van der Waals surface area contributed by atoms with E-state index in [2.05, 4.69) is 10.3 Å². The Morgan fingerprint density at radius 3 is 2.56 bits per heavy atom. The van der Waals surface area contributed by atoms with E-state index in [1.807, 2.05) is 56.3 Å². The molecule has 0 spiro atoms. The lowest BCUT2D eigenvalue weighted by molar-refractivity contribution is -0.147. The van der Waals surface area contributed by atoms with Crippen LogP contribution < -0.4 is 5.32 Å². The molecule has 0 saturated carbocycles. The standard InChI is InChI=1S/C21H22N2O3S/c1-14-7-5-8-15(2)21(14)23-18(24)13-26-20(25)12-6-11-19-22-16-9-3-4-10-17(16)27-19/h3-5,7-10H,6,11-13H2,1-2H3,(H,23,24). The van der Waals surface area contributed by atoms with Crippen LogP contribution in [0, 0.1) is 13.8 Å². The smallest absolute Gasteiger partial charge is 0.306 e. The minimum absolute atomic E-state index is 0.270. The summed E-state index contributed by atoms with van der Waals surface area (Å²) in [7, 11) is 0. The monoisotopic (exact) mass is 382 g/mol. The molecule has 1 aromatic heterocycles. The van der Waals surface area contributed by atoms with Crippen molar-refractivity contribution in [2.24, 2.45) is 0 Å². The van der Waals surface area contributed by atoms with Gasteiger partial charge in [0.2, 0.25) is 0 Å². The molecule has 6 heteroatoms. The van der Waals surface area contributed by atoms with Crippen molar-refractivity contribution in [2.45, 2.75) is 33.1 Å². The summed E-state index contributed by atoms with van der Waals surface area (Å²) in [6.45, 7) is 3.58. The number of hydrogen-bond acceptors (Lipinski definition) is 5. The first-order chi connectivity index (χ1) is 13.0. The van der Waals surface area contributed by atoms with Crippen LogP contribution in [-0.4, -0.2) is 23.5 Å². The number of thiazole rings is 1. The molecule has 1 amide bonds. The molecule has 0 unspecified atom stereocenters. The van der Waals surface area contributed by atoms with E-state index in [4.69, 9.17) is 4.74 Å². The predicted molar refractivity (Wildman–Crippen MR) is 108 cm³/mol. The second kappa shape index (κ2) is 8.77.